The Bertz CT molecular complexity index is 521. The number of benzene rings is 1. The van der Waals surface area contributed by atoms with Crippen LogP contribution in [0.3, 0.4) is 0 Å². The van der Waals surface area contributed by atoms with Crippen molar-refractivity contribution in [2.24, 2.45) is 0 Å². The molecule has 20 heavy (non-hydrogen) atoms. The topological polar surface area (TPSA) is 50.4 Å². The molecular formula is C15H17BrN2O2. The van der Waals surface area contributed by atoms with Gasteiger partial charge in [-0.3, -0.25) is 4.79 Å². The Labute approximate surface area is 127 Å². The summed E-state index contributed by atoms with van der Waals surface area (Å²) >= 11 is 3.45. The number of carbonyl (C=O) groups is 1. The molecule has 0 aliphatic heterocycles. The molecule has 5 heteroatoms. The minimum absolute atomic E-state index is 0.0280. The van der Waals surface area contributed by atoms with Crippen molar-refractivity contribution in [1.82, 2.24) is 10.6 Å². The molecule has 0 saturated heterocycles. The summed E-state index contributed by atoms with van der Waals surface area (Å²) in [6.45, 7) is 0.934. The molecule has 1 aliphatic rings. The lowest BCUT2D eigenvalue weighted by molar-refractivity contribution is -0.122. The van der Waals surface area contributed by atoms with Crippen molar-refractivity contribution < 1.29 is 9.53 Å². The first-order valence-electron chi connectivity index (χ1n) is 6.54. The van der Waals surface area contributed by atoms with Crippen LogP contribution in [-0.4, -0.2) is 25.1 Å². The van der Waals surface area contributed by atoms with Gasteiger partial charge < -0.3 is 15.4 Å². The van der Waals surface area contributed by atoms with Crippen LogP contribution < -0.4 is 15.4 Å². The molecule has 0 spiro atoms. The fourth-order valence-corrected chi connectivity index (χ4v) is 2.12. The van der Waals surface area contributed by atoms with Gasteiger partial charge >= 0.3 is 0 Å². The van der Waals surface area contributed by atoms with Gasteiger partial charge in [0.1, 0.15) is 5.75 Å². The zero-order valence-electron chi connectivity index (χ0n) is 11.1. The predicted octanol–water partition coefficient (Wildman–Crippen LogP) is 1.83. The van der Waals surface area contributed by atoms with Crippen molar-refractivity contribution in [3.05, 3.63) is 28.2 Å². The number of rotatable bonds is 7. The number of carbonyl (C=O) groups excluding carboxylic acids is 1. The maximum atomic E-state index is 11.5. The molecule has 0 atom stereocenters. The van der Waals surface area contributed by atoms with Gasteiger partial charge in [-0.15, -0.1) is 6.42 Å². The van der Waals surface area contributed by atoms with E-state index in [-0.39, 0.29) is 19.1 Å². The van der Waals surface area contributed by atoms with Crippen molar-refractivity contribution in [2.75, 3.05) is 13.2 Å². The third-order valence-electron chi connectivity index (χ3n) is 2.93. The van der Waals surface area contributed by atoms with E-state index in [2.05, 4.69) is 32.5 Å². The molecular weight excluding hydrogens is 320 g/mol. The summed E-state index contributed by atoms with van der Waals surface area (Å²) in [4.78, 5) is 11.5. The van der Waals surface area contributed by atoms with Gasteiger partial charge in [0.05, 0.1) is 6.54 Å². The van der Waals surface area contributed by atoms with E-state index in [1.807, 2.05) is 18.2 Å². The predicted molar refractivity (Wildman–Crippen MR) is 81.3 cm³/mol. The van der Waals surface area contributed by atoms with Gasteiger partial charge in [0, 0.05) is 22.6 Å². The van der Waals surface area contributed by atoms with E-state index in [0.29, 0.717) is 6.04 Å². The molecule has 1 aromatic carbocycles. The van der Waals surface area contributed by atoms with Crippen LogP contribution in [0.25, 0.3) is 0 Å². The maximum absolute atomic E-state index is 11.5. The Balaban J connectivity index is 1.91. The van der Waals surface area contributed by atoms with Crippen LogP contribution in [0.4, 0.5) is 0 Å². The minimum atomic E-state index is -0.216. The SMILES string of the molecule is C#CCNC(=O)COc1ccc(Br)cc1CNC1CC1. The molecule has 2 N–H and O–H groups in total. The molecule has 0 bridgehead atoms. The molecule has 1 saturated carbocycles. The van der Waals surface area contributed by atoms with Crippen molar-refractivity contribution in [3.8, 4) is 18.1 Å². The van der Waals surface area contributed by atoms with Gasteiger partial charge in [-0.05, 0) is 31.0 Å². The first-order chi connectivity index (χ1) is 9.69. The van der Waals surface area contributed by atoms with Crippen molar-refractivity contribution in [1.29, 1.82) is 0 Å². The number of halogens is 1. The van der Waals surface area contributed by atoms with E-state index in [1.54, 1.807) is 0 Å². The average Bonchev–Trinajstić information content (AvgIpc) is 3.26. The van der Waals surface area contributed by atoms with E-state index in [9.17, 15) is 4.79 Å². The molecule has 1 amide bonds. The zero-order chi connectivity index (χ0) is 14.4. The van der Waals surface area contributed by atoms with Crippen molar-refractivity contribution in [3.63, 3.8) is 0 Å². The number of ether oxygens (including phenoxy) is 1. The van der Waals surface area contributed by atoms with Crippen LogP contribution in [0.5, 0.6) is 5.75 Å². The summed E-state index contributed by atoms with van der Waals surface area (Å²) in [6.07, 6.45) is 7.55. The van der Waals surface area contributed by atoms with Crippen molar-refractivity contribution in [2.45, 2.75) is 25.4 Å². The number of hydrogen-bond acceptors (Lipinski definition) is 3. The van der Waals surface area contributed by atoms with E-state index in [0.717, 1.165) is 22.3 Å². The number of amides is 1. The second kappa shape index (κ2) is 7.32. The Morgan fingerprint density at radius 1 is 1.50 bits per heavy atom. The van der Waals surface area contributed by atoms with Gasteiger partial charge in [0.25, 0.3) is 5.91 Å². The molecule has 1 aliphatic carbocycles. The van der Waals surface area contributed by atoms with Gasteiger partial charge in [0.2, 0.25) is 0 Å². The van der Waals surface area contributed by atoms with E-state index >= 15 is 0 Å². The highest BCUT2D eigenvalue weighted by Crippen LogP contribution is 2.25. The Hall–Kier alpha value is -1.51. The summed E-state index contributed by atoms with van der Waals surface area (Å²) in [5.74, 6) is 2.86. The van der Waals surface area contributed by atoms with E-state index in [1.165, 1.54) is 12.8 Å². The zero-order valence-corrected chi connectivity index (χ0v) is 12.7. The molecule has 1 aromatic rings. The highest BCUT2D eigenvalue weighted by Gasteiger charge is 2.20. The van der Waals surface area contributed by atoms with Gasteiger partial charge in [-0.25, -0.2) is 0 Å². The monoisotopic (exact) mass is 336 g/mol. The molecule has 0 radical (unpaired) electrons. The second-order valence-corrected chi connectivity index (χ2v) is 5.59. The largest absolute Gasteiger partial charge is 0.483 e. The molecule has 106 valence electrons. The van der Waals surface area contributed by atoms with E-state index in [4.69, 9.17) is 11.2 Å². The smallest absolute Gasteiger partial charge is 0.258 e. The standard InChI is InChI=1S/C15H17BrN2O2/c1-2-7-17-15(19)10-20-14-6-3-12(16)8-11(14)9-18-13-4-5-13/h1,3,6,8,13,18H,4-5,7,9-10H2,(H,17,19). The van der Waals surface area contributed by atoms with Crippen LogP contribution >= 0.6 is 15.9 Å². The van der Waals surface area contributed by atoms with Crippen LogP contribution in [0.2, 0.25) is 0 Å². The van der Waals surface area contributed by atoms with Gasteiger partial charge in [-0.2, -0.15) is 0 Å². The highest BCUT2D eigenvalue weighted by molar-refractivity contribution is 9.10. The maximum Gasteiger partial charge on any atom is 0.258 e. The van der Waals surface area contributed by atoms with Crippen LogP contribution in [-0.2, 0) is 11.3 Å². The van der Waals surface area contributed by atoms with Crippen LogP contribution in [0, 0.1) is 12.3 Å². The van der Waals surface area contributed by atoms with Gasteiger partial charge in [-0.1, -0.05) is 21.9 Å². The fourth-order valence-electron chi connectivity index (χ4n) is 1.71. The van der Waals surface area contributed by atoms with E-state index < -0.39 is 0 Å². The first kappa shape index (κ1) is 14.9. The molecule has 2 rings (SSSR count). The third kappa shape index (κ3) is 4.87. The summed E-state index contributed by atoms with van der Waals surface area (Å²) in [5.41, 5.74) is 1.04. The fraction of sp³-hybridized carbons (Fsp3) is 0.400. The lowest BCUT2D eigenvalue weighted by atomic mass is 10.2. The van der Waals surface area contributed by atoms with Crippen molar-refractivity contribution >= 4 is 21.8 Å². The summed E-state index contributed by atoms with van der Waals surface area (Å²) < 4.78 is 6.56. The minimum Gasteiger partial charge on any atom is -0.483 e. The normalized spacial score (nSPS) is 13.6. The van der Waals surface area contributed by atoms with Crippen LogP contribution in [0.1, 0.15) is 18.4 Å². The summed E-state index contributed by atoms with van der Waals surface area (Å²) in [6, 6.07) is 6.39. The Morgan fingerprint density at radius 2 is 2.30 bits per heavy atom. The number of terminal acetylenes is 1. The molecule has 0 aromatic heterocycles. The number of nitrogens with one attached hydrogen (secondary N) is 2. The molecule has 0 heterocycles. The first-order valence-corrected chi connectivity index (χ1v) is 7.33. The third-order valence-corrected chi connectivity index (χ3v) is 3.42. The molecule has 0 unspecified atom stereocenters. The van der Waals surface area contributed by atoms with Gasteiger partial charge in [0.15, 0.2) is 6.61 Å². The summed E-state index contributed by atoms with van der Waals surface area (Å²) in [7, 11) is 0. The van der Waals surface area contributed by atoms with Crippen LogP contribution in [0.15, 0.2) is 22.7 Å². The average molecular weight is 337 g/mol. The molecule has 4 nitrogen and oxygen atoms in total. The highest BCUT2D eigenvalue weighted by atomic mass is 79.9. The Kier molecular flexibility index (Phi) is 5.45. The summed E-state index contributed by atoms with van der Waals surface area (Å²) in [5, 5.41) is 6.00. The quantitative estimate of drug-likeness (QED) is 0.747. The molecule has 1 fully saturated rings. The second-order valence-electron chi connectivity index (χ2n) is 4.68. The lowest BCUT2D eigenvalue weighted by Crippen LogP contribution is -2.29. The number of hydrogen-bond donors (Lipinski definition) is 2. The Morgan fingerprint density at radius 3 is 3.00 bits per heavy atom. The lowest BCUT2D eigenvalue weighted by Gasteiger charge is -2.12.